The maximum Gasteiger partial charge on any atom is 0.272 e. The van der Waals surface area contributed by atoms with E-state index in [2.05, 4.69) is 35.9 Å². The Morgan fingerprint density at radius 1 is 1.27 bits per heavy atom. The Labute approximate surface area is 151 Å². The molecule has 1 aliphatic heterocycles. The Bertz CT molecular complexity index is 764. The van der Waals surface area contributed by atoms with E-state index in [-0.39, 0.29) is 11.6 Å². The first-order chi connectivity index (χ1) is 12.7. The van der Waals surface area contributed by atoms with Gasteiger partial charge in [-0.25, -0.2) is 15.0 Å². The van der Waals surface area contributed by atoms with Crippen LogP contribution >= 0.6 is 0 Å². The molecule has 1 fully saturated rings. The van der Waals surface area contributed by atoms with Gasteiger partial charge in [0.05, 0.1) is 13.3 Å². The van der Waals surface area contributed by atoms with Gasteiger partial charge in [-0.1, -0.05) is 0 Å². The van der Waals surface area contributed by atoms with Crippen LogP contribution in [0.1, 0.15) is 23.3 Å². The highest BCUT2D eigenvalue weighted by molar-refractivity contribution is 5.93. The number of piperidine rings is 1. The molecule has 0 spiro atoms. The molecule has 10 nitrogen and oxygen atoms in total. The van der Waals surface area contributed by atoms with E-state index in [0.717, 1.165) is 38.3 Å². The van der Waals surface area contributed by atoms with Crippen molar-refractivity contribution in [3.8, 4) is 5.88 Å². The molecule has 10 heteroatoms. The molecule has 1 saturated heterocycles. The maximum absolute atomic E-state index is 11.3. The van der Waals surface area contributed by atoms with Crippen LogP contribution in [0.4, 0.5) is 17.5 Å². The number of nitrogens with zero attached hydrogens (tertiary/aromatic N) is 4. The van der Waals surface area contributed by atoms with Gasteiger partial charge in [0.1, 0.15) is 18.0 Å². The minimum absolute atomic E-state index is 0.0231. The molecule has 0 unspecified atom stereocenters. The zero-order valence-corrected chi connectivity index (χ0v) is 14.5. The van der Waals surface area contributed by atoms with E-state index < -0.39 is 5.91 Å². The van der Waals surface area contributed by atoms with Gasteiger partial charge in [-0.2, -0.15) is 4.98 Å². The number of amides is 1. The van der Waals surface area contributed by atoms with Crippen molar-refractivity contribution in [2.75, 3.05) is 37.4 Å². The average Bonchev–Trinajstić information content (AvgIpc) is 2.67. The van der Waals surface area contributed by atoms with E-state index in [1.54, 1.807) is 6.07 Å². The highest BCUT2D eigenvalue weighted by Gasteiger charge is 2.14. The highest BCUT2D eigenvalue weighted by atomic mass is 16.5. The van der Waals surface area contributed by atoms with Crippen LogP contribution in [0.2, 0.25) is 0 Å². The normalized spacial score (nSPS) is 14.7. The molecule has 138 valence electrons. The van der Waals surface area contributed by atoms with Crippen LogP contribution in [0.5, 0.6) is 5.88 Å². The summed E-state index contributed by atoms with van der Waals surface area (Å²) in [6, 6.07) is 1.79. The Balaban J connectivity index is 1.65. The molecule has 3 heterocycles. The number of nitrogens with one attached hydrogen (secondary N) is 3. The molecule has 0 bridgehead atoms. The number of nitrogens with two attached hydrogens (primary N) is 1. The molecule has 0 aliphatic carbocycles. The monoisotopic (exact) mass is 358 g/mol. The Morgan fingerprint density at radius 3 is 2.77 bits per heavy atom. The van der Waals surface area contributed by atoms with Crippen molar-refractivity contribution < 1.29 is 9.53 Å². The number of rotatable bonds is 7. The average molecular weight is 358 g/mol. The molecule has 1 amide bonds. The Morgan fingerprint density at radius 2 is 2.04 bits per heavy atom. The van der Waals surface area contributed by atoms with E-state index in [1.807, 2.05) is 0 Å². The maximum atomic E-state index is 11.3. The van der Waals surface area contributed by atoms with Gasteiger partial charge in [-0.05, 0) is 31.8 Å². The minimum Gasteiger partial charge on any atom is -0.479 e. The Kier molecular flexibility index (Phi) is 5.74. The molecule has 5 N–H and O–H groups in total. The van der Waals surface area contributed by atoms with Crippen molar-refractivity contribution in [3.63, 3.8) is 0 Å². The number of anilines is 3. The fraction of sp³-hybridized carbons (Fsp3) is 0.438. The van der Waals surface area contributed by atoms with E-state index >= 15 is 0 Å². The van der Waals surface area contributed by atoms with Crippen molar-refractivity contribution in [3.05, 3.63) is 24.3 Å². The number of methoxy groups -OCH3 is 1. The van der Waals surface area contributed by atoms with Gasteiger partial charge in [0.25, 0.3) is 5.91 Å². The third-order valence-corrected chi connectivity index (χ3v) is 4.12. The Hall–Kier alpha value is -3.01. The first-order valence-electron chi connectivity index (χ1n) is 8.40. The molecule has 3 rings (SSSR count). The number of carbonyl (C=O) groups excluding carboxylic acids is 1. The van der Waals surface area contributed by atoms with Gasteiger partial charge >= 0.3 is 0 Å². The molecule has 0 saturated carbocycles. The summed E-state index contributed by atoms with van der Waals surface area (Å²) in [7, 11) is 1.40. The van der Waals surface area contributed by atoms with Crippen LogP contribution in [-0.4, -0.2) is 52.6 Å². The van der Waals surface area contributed by atoms with Crippen LogP contribution in [0.15, 0.2) is 18.6 Å². The first kappa shape index (κ1) is 17.8. The predicted molar refractivity (Wildman–Crippen MR) is 96.5 cm³/mol. The summed E-state index contributed by atoms with van der Waals surface area (Å²) < 4.78 is 5.05. The summed E-state index contributed by atoms with van der Waals surface area (Å²) in [6.45, 7) is 2.99. The fourth-order valence-corrected chi connectivity index (χ4v) is 2.73. The second-order valence-corrected chi connectivity index (χ2v) is 5.97. The second kappa shape index (κ2) is 8.39. The van der Waals surface area contributed by atoms with E-state index in [4.69, 9.17) is 10.5 Å². The smallest absolute Gasteiger partial charge is 0.272 e. The lowest BCUT2D eigenvalue weighted by molar-refractivity contribution is 0.0991. The quantitative estimate of drug-likeness (QED) is 0.558. The van der Waals surface area contributed by atoms with Crippen molar-refractivity contribution in [1.29, 1.82) is 0 Å². The lowest BCUT2D eigenvalue weighted by Gasteiger charge is -2.22. The summed E-state index contributed by atoms with van der Waals surface area (Å²) in [5.41, 5.74) is 5.21. The number of ether oxygens (including phenoxy) is 1. The van der Waals surface area contributed by atoms with E-state index in [9.17, 15) is 4.79 Å². The SMILES string of the molecule is COc1nc(Nc2cc(NCC3CCNCC3)ncn2)cnc1C(N)=O. The van der Waals surface area contributed by atoms with Crippen molar-refractivity contribution in [2.24, 2.45) is 11.7 Å². The molecule has 2 aromatic rings. The predicted octanol–water partition coefficient (Wildman–Crippen LogP) is 0.529. The molecule has 2 aromatic heterocycles. The molecule has 0 radical (unpaired) electrons. The van der Waals surface area contributed by atoms with E-state index in [1.165, 1.54) is 19.6 Å². The third-order valence-electron chi connectivity index (χ3n) is 4.12. The fourth-order valence-electron chi connectivity index (χ4n) is 2.73. The van der Waals surface area contributed by atoms with Crippen LogP contribution in [-0.2, 0) is 0 Å². The van der Waals surface area contributed by atoms with Gasteiger partial charge in [0.15, 0.2) is 11.5 Å². The third kappa shape index (κ3) is 4.54. The van der Waals surface area contributed by atoms with Gasteiger partial charge < -0.3 is 26.4 Å². The van der Waals surface area contributed by atoms with Crippen molar-refractivity contribution in [2.45, 2.75) is 12.8 Å². The van der Waals surface area contributed by atoms with Gasteiger partial charge in [-0.15, -0.1) is 0 Å². The van der Waals surface area contributed by atoms with Gasteiger partial charge in [0.2, 0.25) is 5.88 Å². The standard InChI is InChI=1S/C16H22N8O2/c1-26-16-14(15(17)25)20-8-13(24-16)23-12-6-11(21-9-22-12)19-7-10-2-4-18-5-3-10/h6,8-10,18H,2-5,7H2,1H3,(H2,17,25)(H2,19,21,22,23,24). The number of aromatic nitrogens is 4. The summed E-state index contributed by atoms with van der Waals surface area (Å²) in [4.78, 5) is 27.8. The number of carbonyl (C=O) groups is 1. The van der Waals surface area contributed by atoms with Gasteiger partial charge in [0, 0.05) is 12.6 Å². The van der Waals surface area contributed by atoms with Crippen molar-refractivity contribution >= 4 is 23.4 Å². The minimum atomic E-state index is -0.702. The molecule has 1 aliphatic rings. The van der Waals surface area contributed by atoms with Crippen LogP contribution in [0.3, 0.4) is 0 Å². The summed E-state index contributed by atoms with van der Waals surface area (Å²) in [5.74, 6) is 1.66. The molecule has 26 heavy (non-hydrogen) atoms. The van der Waals surface area contributed by atoms with Crippen LogP contribution in [0, 0.1) is 5.92 Å². The van der Waals surface area contributed by atoms with Crippen LogP contribution in [0.25, 0.3) is 0 Å². The summed E-state index contributed by atoms with van der Waals surface area (Å²) >= 11 is 0. The zero-order valence-electron chi connectivity index (χ0n) is 14.5. The van der Waals surface area contributed by atoms with Crippen LogP contribution < -0.4 is 26.4 Å². The first-order valence-corrected chi connectivity index (χ1v) is 8.40. The lowest BCUT2D eigenvalue weighted by Crippen LogP contribution is -2.31. The lowest BCUT2D eigenvalue weighted by atomic mass is 9.98. The van der Waals surface area contributed by atoms with E-state index in [0.29, 0.717) is 17.6 Å². The number of hydrogen-bond donors (Lipinski definition) is 4. The topological polar surface area (TPSA) is 140 Å². The largest absolute Gasteiger partial charge is 0.479 e. The molecular formula is C16H22N8O2. The highest BCUT2D eigenvalue weighted by Crippen LogP contribution is 2.19. The second-order valence-electron chi connectivity index (χ2n) is 5.97. The summed E-state index contributed by atoms with van der Waals surface area (Å²) in [6.07, 6.45) is 5.18. The molecule has 0 atom stereocenters. The summed E-state index contributed by atoms with van der Waals surface area (Å²) in [5, 5.41) is 9.72. The number of hydrogen-bond acceptors (Lipinski definition) is 9. The number of primary amides is 1. The molecular weight excluding hydrogens is 336 g/mol. The molecule has 0 aromatic carbocycles. The van der Waals surface area contributed by atoms with Crippen molar-refractivity contribution in [1.82, 2.24) is 25.3 Å². The van der Waals surface area contributed by atoms with Gasteiger partial charge in [-0.3, -0.25) is 4.79 Å². The zero-order chi connectivity index (χ0) is 18.4.